The average Bonchev–Trinajstić information content (AvgIpc) is 2.28. The third-order valence-corrected chi connectivity index (χ3v) is 2.12. The molecule has 4 nitrogen and oxygen atoms in total. The van der Waals surface area contributed by atoms with E-state index in [1.54, 1.807) is 38.4 Å². The number of hydrogen-bond acceptors (Lipinski definition) is 2. The Morgan fingerprint density at radius 3 is 2.44 bits per heavy atom. The molecule has 0 aromatic heterocycles. The minimum atomic E-state index is -0.157. The summed E-state index contributed by atoms with van der Waals surface area (Å²) in [6.45, 7) is 2.43. The highest BCUT2D eigenvalue weighted by atomic mass is 16.2. The van der Waals surface area contributed by atoms with E-state index in [1.165, 1.54) is 4.90 Å². The van der Waals surface area contributed by atoms with Crippen LogP contribution in [0, 0.1) is 0 Å². The molecule has 0 bridgehead atoms. The van der Waals surface area contributed by atoms with Crippen molar-refractivity contribution in [2.45, 2.75) is 6.92 Å². The molecular weight excluding hydrogens is 204 g/mol. The molecule has 2 amide bonds. The van der Waals surface area contributed by atoms with Crippen molar-refractivity contribution in [3.8, 4) is 0 Å². The van der Waals surface area contributed by atoms with E-state index in [4.69, 9.17) is 0 Å². The molecule has 0 aliphatic heterocycles. The summed E-state index contributed by atoms with van der Waals surface area (Å²) in [5.41, 5.74) is 1.03. The first kappa shape index (κ1) is 12.2. The first-order valence-electron chi connectivity index (χ1n) is 5.16. The van der Waals surface area contributed by atoms with Crippen molar-refractivity contribution in [2.24, 2.45) is 0 Å². The SMILES string of the molecule is CCNC(=O)c1cccc(C(=O)N(C)C)c1. The summed E-state index contributed by atoms with van der Waals surface area (Å²) in [6.07, 6.45) is 0. The zero-order chi connectivity index (χ0) is 12.1. The normalized spacial score (nSPS) is 9.69. The van der Waals surface area contributed by atoms with Crippen molar-refractivity contribution in [1.82, 2.24) is 10.2 Å². The van der Waals surface area contributed by atoms with E-state index in [0.29, 0.717) is 17.7 Å². The van der Waals surface area contributed by atoms with Crippen molar-refractivity contribution >= 4 is 11.8 Å². The van der Waals surface area contributed by atoms with Crippen LogP contribution in [0.3, 0.4) is 0 Å². The van der Waals surface area contributed by atoms with Crippen molar-refractivity contribution in [2.75, 3.05) is 20.6 Å². The average molecular weight is 220 g/mol. The number of carbonyl (C=O) groups excluding carboxylic acids is 2. The fourth-order valence-corrected chi connectivity index (χ4v) is 1.31. The van der Waals surface area contributed by atoms with Crippen LogP contribution in [0.25, 0.3) is 0 Å². The molecule has 1 rings (SSSR count). The lowest BCUT2D eigenvalue weighted by Gasteiger charge is -2.10. The van der Waals surface area contributed by atoms with Gasteiger partial charge >= 0.3 is 0 Å². The van der Waals surface area contributed by atoms with Crippen molar-refractivity contribution < 1.29 is 9.59 Å². The molecule has 1 aromatic carbocycles. The van der Waals surface area contributed by atoms with E-state index in [9.17, 15) is 9.59 Å². The highest BCUT2D eigenvalue weighted by Crippen LogP contribution is 2.07. The van der Waals surface area contributed by atoms with Crippen molar-refractivity contribution in [3.05, 3.63) is 35.4 Å². The summed E-state index contributed by atoms with van der Waals surface area (Å²) in [7, 11) is 3.36. The topological polar surface area (TPSA) is 49.4 Å². The lowest BCUT2D eigenvalue weighted by Crippen LogP contribution is -2.24. The third-order valence-electron chi connectivity index (χ3n) is 2.12. The van der Waals surface area contributed by atoms with Crippen molar-refractivity contribution in [1.29, 1.82) is 0 Å². The Kier molecular flexibility index (Phi) is 4.05. The second-order valence-corrected chi connectivity index (χ2v) is 3.64. The van der Waals surface area contributed by atoms with Gasteiger partial charge in [0.05, 0.1) is 0 Å². The van der Waals surface area contributed by atoms with E-state index in [0.717, 1.165) is 0 Å². The van der Waals surface area contributed by atoms with Gasteiger partial charge in [0, 0.05) is 31.8 Å². The maximum absolute atomic E-state index is 11.7. The highest BCUT2D eigenvalue weighted by molar-refractivity contribution is 5.99. The first-order valence-corrected chi connectivity index (χ1v) is 5.16. The van der Waals surface area contributed by atoms with Crippen LogP contribution >= 0.6 is 0 Å². The van der Waals surface area contributed by atoms with Gasteiger partial charge in [-0.3, -0.25) is 9.59 Å². The molecular formula is C12H16N2O2. The lowest BCUT2D eigenvalue weighted by atomic mass is 10.1. The second-order valence-electron chi connectivity index (χ2n) is 3.64. The van der Waals surface area contributed by atoms with Gasteiger partial charge < -0.3 is 10.2 Å². The fraction of sp³-hybridized carbons (Fsp3) is 0.333. The van der Waals surface area contributed by atoms with Gasteiger partial charge in [-0.2, -0.15) is 0 Å². The molecule has 0 atom stereocenters. The Morgan fingerprint density at radius 1 is 1.25 bits per heavy atom. The molecule has 16 heavy (non-hydrogen) atoms. The van der Waals surface area contributed by atoms with Crippen LogP contribution in [-0.2, 0) is 0 Å². The number of amides is 2. The van der Waals surface area contributed by atoms with Crippen molar-refractivity contribution in [3.63, 3.8) is 0 Å². The monoisotopic (exact) mass is 220 g/mol. The molecule has 1 N–H and O–H groups in total. The Labute approximate surface area is 95.3 Å². The highest BCUT2D eigenvalue weighted by Gasteiger charge is 2.10. The number of carbonyl (C=O) groups is 2. The smallest absolute Gasteiger partial charge is 0.253 e. The number of nitrogens with one attached hydrogen (secondary N) is 1. The second kappa shape index (κ2) is 5.30. The zero-order valence-corrected chi connectivity index (χ0v) is 9.78. The molecule has 0 saturated carbocycles. The van der Waals surface area contributed by atoms with Gasteiger partial charge in [0.1, 0.15) is 0 Å². The largest absolute Gasteiger partial charge is 0.352 e. The number of nitrogens with zero attached hydrogens (tertiary/aromatic N) is 1. The summed E-state index contributed by atoms with van der Waals surface area (Å²) < 4.78 is 0. The molecule has 1 aromatic rings. The van der Waals surface area contributed by atoms with Crippen LogP contribution in [0.4, 0.5) is 0 Å². The van der Waals surface area contributed by atoms with Gasteiger partial charge in [0.25, 0.3) is 11.8 Å². The molecule has 0 heterocycles. The molecule has 0 unspecified atom stereocenters. The summed E-state index contributed by atoms with van der Waals surface area (Å²) in [5, 5.41) is 2.69. The predicted octanol–water partition coefficient (Wildman–Crippen LogP) is 1.14. The van der Waals surface area contributed by atoms with Gasteiger partial charge in [-0.05, 0) is 25.1 Å². The Morgan fingerprint density at radius 2 is 1.88 bits per heavy atom. The van der Waals surface area contributed by atoms with Gasteiger partial charge in [-0.1, -0.05) is 6.07 Å². The molecule has 0 spiro atoms. The zero-order valence-electron chi connectivity index (χ0n) is 9.78. The van der Waals surface area contributed by atoms with Crippen LogP contribution in [-0.4, -0.2) is 37.4 Å². The summed E-state index contributed by atoms with van der Waals surface area (Å²) >= 11 is 0. The minimum Gasteiger partial charge on any atom is -0.352 e. The van der Waals surface area contributed by atoms with Crippen LogP contribution in [0.2, 0.25) is 0 Å². The maximum Gasteiger partial charge on any atom is 0.253 e. The van der Waals surface area contributed by atoms with E-state index in [1.807, 2.05) is 6.92 Å². The number of hydrogen-bond donors (Lipinski definition) is 1. The van der Waals surface area contributed by atoms with E-state index >= 15 is 0 Å². The Hall–Kier alpha value is -1.84. The summed E-state index contributed by atoms with van der Waals surface area (Å²) in [6, 6.07) is 6.71. The van der Waals surface area contributed by atoms with Crippen LogP contribution < -0.4 is 5.32 Å². The van der Waals surface area contributed by atoms with Gasteiger partial charge in [0.15, 0.2) is 0 Å². The quantitative estimate of drug-likeness (QED) is 0.830. The molecule has 0 aliphatic carbocycles. The number of rotatable bonds is 3. The summed E-state index contributed by atoms with van der Waals surface area (Å²) in [5.74, 6) is -0.262. The Bertz CT molecular complexity index is 400. The maximum atomic E-state index is 11.7. The predicted molar refractivity (Wildman–Crippen MR) is 62.5 cm³/mol. The molecule has 86 valence electrons. The van der Waals surface area contributed by atoms with Crippen LogP contribution in [0.15, 0.2) is 24.3 Å². The van der Waals surface area contributed by atoms with Gasteiger partial charge in [0.2, 0.25) is 0 Å². The molecule has 0 saturated heterocycles. The molecule has 0 fully saturated rings. The van der Waals surface area contributed by atoms with E-state index < -0.39 is 0 Å². The van der Waals surface area contributed by atoms with Crippen LogP contribution in [0.5, 0.6) is 0 Å². The van der Waals surface area contributed by atoms with E-state index in [-0.39, 0.29) is 11.8 Å². The molecule has 0 radical (unpaired) electrons. The first-order chi connectivity index (χ1) is 7.56. The number of benzene rings is 1. The van der Waals surface area contributed by atoms with Gasteiger partial charge in [-0.15, -0.1) is 0 Å². The molecule has 0 aliphatic rings. The Balaban J connectivity index is 2.95. The molecule has 4 heteroatoms. The summed E-state index contributed by atoms with van der Waals surface area (Å²) in [4.78, 5) is 24.7. The fourth-order valence-electron chi connectivity index (χ4n) is 1.31. The van der Waals surface area contributed by atoms with Gasteiger partial charge in [-0.25, -0.2) is 0 Å². The van der Waals surface area contributed by atoms with Crippen LogP contribution in [0.1, 0.15) is 27.6 Å². The third kappa shape index (κ3) is 2.82. The lowest BCUT2D eigenvalue weighted by molar-refractivity contribution is 0.0827. The minimum absolute atomic E-state index is 0.105. The van der Waals surface area contributed by atoms with E-state index in [2.05, 4.69) is 5.32 Å². The standard InChI is InChI=1S/C12H16N2O2/c1-4-13-11(15)9-6-5-7-10(8-9)12(16)14(2)3/h5-8H,4H2,1-3H3,(H,13,15).